The number of rotatable bonds is 6. The molecule has 4 heterocycles. The third-order valence-corrected chi connectivity index (χ3v) is 5.56. The molecule has 2 aromatic heterocycles. The summed E-state index contributed by atoms with van der Waals surface area (Å²) in [6.45, 7) is 7.17. The second-order valence-corrected chi connectivity index (χ2v) is 7.52. The zero-order chi connectivity index (χ0) is 19.3. The number of aryl methyl sites for hydroxylation is 1. The van der Waals surface area contributed by atoms with Gasteiger partial charge in [-0.25, -0.2) is 9.97 Å². The first-order chi connectivity index (χ1) is 13.7. The van der Waals surface area contributed by atoms with E-state index in [-0.39, 0.29) is 6.10 Å². The molecule has 0 aromatic carbocycles. The third-order valence-electron chi connectivity index (χ3n) is 5.56. The molecule has 7 nitrogen and oxygen atoms in total. The van der Waals surface area contributed by atoms with E-state index in [2.05, 4.69) is 32.8 Å². The monoisotopic (exact) mass is 383 g/mol. The first-order valence-corrected chi connectivity index (χ1v) is 10.3. The minimum Gasteiger partial charge on any atom is -0.389 e. The quantitative estimate of drug-likeness (QED) is 0.815. The number of aromatic nitrogens is 3. The van der Waals surface area contributed by atoms with E-state index < -0.39 is 6.10 Å². The van der Waals surface area contributed by atoms with Crippen molar-refractivity contribution in [1.29, 1.82) is 0 Å². The molecule has 2 atom stereocenters. The number of aliphatic hydroxyl groups is 1. The molecular weight excluding hydrogens is 354 g/mol. The van der Waals surface area contributed by atoms with Gasteiger partial charge < -0.3 is 14.7 Å². The van der Waals surface area contributed by atoms with Crippen LogP contribution in [0.1, 0.15) is 25.5 Å². The summed E-state index contributed by atoms with van der Waals surface area (Å²) in [7, 11) is 0. The van der Waals surface area contributed by atoms with Gasteiger partial charge in [0.1, 0.15) is 11.5 Å². The molecule has 0 spiro atoms. The van der Waals surface area contributed by atoms with E-state index in [0.29, 0.717) is 12.4 Å². The fraction of sp³-hybridized carbons (Fsp3) is 0.571. The van der Waals surface area contributed by atoms with Crippen LogP contribution < -0.4 is 4.90 Å². The Labute approximate surface area is 166 Å². The van der Waals surface area contributed by atoms with Gasteiger partial charge >= 0.3 is 0 Å². The van der Waals surface area contributed by atoms with Crippen LogP contribution in [-0.2, 0) is 11.2 Å². The SMILES string of the molecule is CCc1cc(N2CCN(C[C@H](O)[C@H]3CCCO3)CC2)nc(-c2ccccn2)n1. The van der Waals surface area contributed by atoms with Crippen LogP contribution >= 0.6 is 0 Å². The van der Waals surface area contributed by atoms with Crippen LogP contribution in [0.25, 0.3) is 11.5 Å². The molecule has 1 N–H and O–H groups in total. The van der Waals surface area contributed by atoms with Gasteiger partial charge in [-0.2, -0.15) is 0 Å². The Kier molecular flexibility index (Phi) is 6.14. The fourth-order valence-electron chi connectivity index (χ4n) is 3.88. The zero-order valence-corrected chi connectivity index (χ0v) is 16.5. The highest BCUT2D eigenvalue weighted by molar-refractivity contribution is 5.54. The first-order valence-electron chi connectivity index (χ1n) is 10.3. The summed E-state index contributed by atoms with van der Waals surface area (Å²) >= 11 is 0. The van der Waals surface area contributed by atoms with E-state index in [9.17, 15) is 5.11 Å². The van der Waals surface area contributed by atoms with Crippen LogP contribution in [0.5, 0.6) is 0 Å². The number of anilines is 1. The van der Waals surface area contributed by atoms with Crippen LogP contribution in [0.4, 0.5) is 5.82 Å². The lowest BCUT2D eigenvalue weighted by molar-refractivity contribution is -0.0190. The van der Waals surface area contributed by atoms with E-state index >= 15 is 0 Å². The van der Waals surface area contributed by atoms with Crippen molar-refractivity contribution in [2.24, 2.45) is 0 Å². The summed E-state index contributed by atoms with van der Waals surface area (Å²) in [5, 5.41) is 10.4. The molecule has 0 unspecified atom stereocenters. The van der Waals surface area contributed by atoms with E-state index in [4.69, 9.17) is 9.72 Å². The number of piperazine rings is 1. The summed E-state index contributed by atoms with van der Waals surface area (Å²) in [6, 6.07) is 7.90. The third kappa shape index (κ3) is 4.48. The Morgan fingerprint density at radius 2 is 2.07 bits per heavy atom. The maximum Gasteiger partial charge on any atom is 0.180 e. The molecule has 0 bridgehead atoms. The van der Waals surface area contributed by atoms with Gasteiger partial charge in [0.05, 0.1) is 12.2 Å². The molecule has 150 valence electrons. The minimum atomic E-state index is -0.393. The lowest BCUT2D eigenvalue weighted by Gasteiger charge is -2.37. The van der Waals surface area contributed by atoms with Gasteiger partial charge in [0, 0.05) is 57.3 Å². The lowest BCUT2D eigenvalue weighted by Crippen LogP contribution is -2.50. The standard InChI is InChI=1S/C21H29N5O2/c1-2-16-14-20(24-21(23-16)17-6-3-4-8-22-17)26-11-9-25(10-12-26)15-18(27)19-7-5-13-28-19/h3-4,6,8,14,18-19,27H,2,5,7,9-13,15H2,1H3/t18-,19+/m0/s1. The Bertz CT molecular complexity index is 759. The smallest absolute Gasteiger partial charge is 0.180 e. The number of pyridine rings is 1. The van der Waals surface area contributed by atoms with Crippen LogP contribution in [0, 0.1) is 0 Å². The summed E-state index contributed by atoms with van der Waals surface area (Å²) in [5.41, 5.74) is 1.83. The van der Waals surface area contributed by atoms with Crippen molar-refractivity contribution in [2.75, 3.05) is 44.2 Å². The molecule has 2 fully saturated rings. The summed E-state index contributed by atoms with van der Waals surface area (Å²) in [4.78, 5) is 18.5. The second kappa shape index (κ2) is 8.94. The average Bonchev–Trinajstić information content (AvgIpc) is 3.30. The molecule has 2 saturated heterocycles. The zero-order valence-electron chi connectivity index (χ0n) is 16.5. The topological polar surface area (TPSA) is 74.6 Å². The summed E-state index contributed by atoms with van der Waals surface area (Å²) in [5.74, 6) is 1.65. The number of nitrogens with zero attached hydrogens (tertiary/aromatic N) is 5. The van der Waals surface area contributed by atoms with Crippen LogP contribution in [0.2, 0.25) is 0 Å². The normalized spacial score (nSPS) is 21.8. The highest BCUT2D eigenvalue weighted by Crippen LogP contribution is 2.21. The van der Waals surface area contributed by atoms with E-state index in [1.807, 2.05) is 18.2 Å². The average molecular weight is 383 g/mol. The largest absolute Gasteiger partial charge is 0.389 e. The lowest BCUT2D eigenvalue weighted by atomic mass is 10.1. The van der Waals surface area contributed by atoms with E-state index in [1.165, 1.54) is 0 Å². The highest BCUT2D eigenvalue weighted by Gasteiger charge is 2.27. The molecule has 7 heteroatoms. The predicted octanol–water partition coefficient (Wildman–Crippen LogP) is 1.76. The van der Waals surface area contributed by atoms with Gasteiger partial charge in [-0.3, -0.25) is 9.88 Å². The van der Waals surface area contributed by atoms with Gasteiger partial charge in [-0.15, -0.1) is 0 Å². The van der Waals surface area contributed by atoms with Crippen molar-refractivity contribution >= 4 is 5.82 Å². The summed E-state index contributed by atoms with van der Waals surface area (Å²) < 4.78 is 5.62. The highest BCUT2D eigenvalue weighted by atomic mass is 16.5. The predicted molar refractivity (Wildman–Crippen MR) is 108 cm³/mol. The second-order valence-electron chi connectivity index (χ2n) is 7.52. The Balaban J connectivity index is 1.41. The molecule has 4 rings (SSSR count). The Morgan fingerprint density at radius 3 is 2.75 bits per heavy atom. The number of hydrogen-bond donors (Lipinski definition) is 1. The molecule has 0 amide bonds. The Morgan fingerprint density at radius 1 is 1.21 bits per heavy atom. The maximum atomic E-state index is 10.4. The van der Waals surface area contributed by atoms with E-state index in [1.54, 1.807) is 6.20 Å². The van der Waals surface area contributed by atoms with Gasteiger partial charge in [0.15, 0.2) is 5.82 Å². The van der Waals surface area contributed by atoms with Crippen LogP contribution in [0.15, 0.2) is 30.5 Å². The number of hydrogen-bond acceptors (Lipinski definition) is 7. The minimum absolute atomic E-state index is 0.00735. The van der Waals surface area contributed by atoms with Crippen molar-refractivity contribution < 1.29 is 9.84 Å². The molecule has 2 aromatic rings. The van der Waals surface area contributed by atoms with Crippen molar-refractivity contribution in [3.8, 4) is 11.5 Å². The van der Waals surface area contributed by atoms with Crippen molar-refractivity contribution in [3.05, 3.63) is 36.2 Å². The molecule has 0 aliphatic carbocycles. The number of aliphatic hydroxyl groups excluding tert-OH is 1. The first kappa shape index (κ1) is 19.2. The molecule has 2 aliphatic rings. The van der Waals surface area contributed by atoms with Gasteiger partial charge in [-0.1, -0.05) is 13.0 Å². The molecule has 28 heavy (non-hydrogen) atoms. The number of ether oxygens (including phenoxy) is 1. The fourth-order valence-corrected chi connectivity index (χ4v) is 3.88. The van der Waals surface area contributed by atoms with Crippen LogP contribution in [0.3, 0.4) is 0 Å². The van der Waals surface area contributed by atoms with Crippen molar-refractivity contribution in [1.82, 2.24) is 19.9 Å². The molecule has 0 saturated carbocycles. The number of β-amino-alcohol motifs (C(OH)–C–C–N with tert-alkyl or cyclic N) is 1. The van der Waals surface area contributed by atoms with Crippen molar-refractivity contribution in [3.63, 3.8) is 0 Å². The van der Waals surface area contributed by atoms with Crippen LogP contribution in [-0.4, -0.2) is 76.5 Å². The van der Waals surface area contributed by atoms with Gasteiger partial charge in [-0.05, 0) is 31.4 Å². The van der Waals surface area contributed by atoms with Gasteiger partial charge in [0.25, 0.3) is 0 Å². The molecule has 0 radical (unpaired) electrons. The maximum absolute atomic E-state index is 10.4. The molecular formula is C21H29N5O2. The molecule has 2 aliphatic heterocycles. The summed E-state index contributed by atoms with van der Waals surface area (Å²) in [6.07, 6.45) is 4.28. The van der Waals surface area contributed by atoms with Crippen molar-refractivity contribution in [2.45, 2.75) is 38.4 Å². The van der Waals surface area contributed by atoms with Gasteiger partial charge in [0.2, 0.25) is 0 Å². The Hall–Kier alpha value is -2.09. The van der Waals surface area contributed by atoms with E-state index in [0.717, 1.165) is 69.3 Å².